The van der Waals surface area contributed by atoms with Crippen LogP contribution < -0.4 is 10.2 Å². The summed E-state index contributed by atoms with van der Waals surface area (Å²) in [7, 11) is 0. The number of hydrogen-bond acceptors (Lipinski definition) is 3. The lowest BCUT2D eigenvalue weighted by Crippen LogP contribution is -2.46. The molecule has 0 spiro atoms. The van der Waals surface area contributed by atoms with Crippen molar-refractivity contribution in [1.82, 2.24) is 4.90 Å². The molecule has 5 heteroatoms. The summed E-state index contributed by atoms with van der Waals surface area (Å²) in [5, 5.41) is 3.73. The maximum Gasteiger partial charge on any atom is 0.225 e. The molecular formula is C22H28ClN3O. The van der Waals surface area contributed by atoms with Crippen molar-refractivity contribution in [3.8, 4) is 0 Å². The summed E-state index contributed by atoms with van der Waals surface area (Å²) in [6.45, 7) is 9.34. The lowest BCUT2D eigenvalue weighted by atomic mass is 9.97. The van der Waals surface area contributed by atoms with Crippen molar-refractivity contribution < 1.29 is 4.79 Å². The Labute approximate surface area is 167 Å². The molecule has 1 aliphatic rings. The molecule has 3 rings (SSSR count). The molecule has 0 saturated carbocycles. The topological polar surface area (TPSA) is 35.6 Å². The Kier molecular flexibility index (Phi) is 6.75. The van der Waals surface area contributed by atoms with Gasteiger partial charge in [0.15, 0.2) is 0 Å². The standard InChI is InChI=1S/C22H28ClN3O/c1-3-25-11-13-26(14-12-25)21-10-9-19(23)16-20(21)24-22(27)15-17(2)18-7-5-4-6-8-18/h4-10,16-17H,3,11-15H2,1-2H3,(H,24,27). The van der Waals surface area contributed by atoms with E-state index in [-0.39, 0.29) is 11.8 Å². The van der Waals surface area contributed by atoms with E-state index in [2.05, 4.69) is 41.1 Å². The minimum atomic E-state index is 0.0158. The van der Waals surface area contributed by atoms with E-state index in [1.165, 1.54) is 5.56 Å². The van der Waals surface area contributed by atoms with Crippen molar-refractivity contribution in [3.63, 3.8) is 0 Å². The molecule has 1 saturated heterocycles. The van der Waals surface area contributed by atoms with Gasteiger partial charge in [0.2, 0.25) is 5.91 Å². The maximum absolute atomic E-state index is 12.7. The molecule has 4 nitrogen and oxygen atoms in total. The van der Waals surface area contributed by atoms with E-state index in [4.69, 9.17) is 11.6 Å². The van der Waals surface area contributed by atoms with Crippen LogP contribution in [0, 0.1) is 0 Å². The second kappa shape index (κ2) is 9.25. The molecule has 1 fully saturated rings. The molecule has 27 heavy (non-hydrogen) atoms. The lowest BCUT2D eigenvalue weighted by molar-refractivity contribution is -0.116. The number of nitrogens with one attached hydrogen (secondary N) is 1. The van der Waals surface area contributed by atoms with E-state index in [1.54, 1.807) is 0 Å². The zero-order valence-corrected chi connectivity index (χ0v) is 16.9. The molecule has 1 aliphatic heterocycles. The van der Waals surface area contributed by atoms with Gasteiger partial charge in [-0.15, -0.1) is 0 Å². The summed E-state index contributed by atoms with van der Waals surface area (Å²) >= 11 is 6.21. The number of carbonyl (C=O) groups is 1. The molecular weight excluding hydrogens is 358 g/mol. The number of anilines is 2. The Hall–Kier alpha value is -2.04. The first-order valence-corrected chi connectivity index (χ1v) is 10.1. The van der Waals surface area contributed by atoms with Gasteiger partial charge in [-0.1, -0.05) is 55.8 Å². The lowest BCUT2D eigenvalue weighted by Gasteiger charge is -2.36. The summed E-state index contributed by atoms with van der Waals surface area (Å²) in [5.41, 5.74) is 3.03. The quantitative estimate of drug-likeness (QED) is 0.788. The molecule has 1 amide bonds. The first-order valence-electron chi connectivity index (χ1n) is 9.68. The van der Waals surface area contributed by atoms with Gasteiger partial charge < -0.3 is 15.1 Å². The normalized spacial score (nSPS) is 16.2. The second-order valence-electron chi connectivity index (χ2n) is 7.15. The fourth-order valence-electron chi connectivity index (χ4n) is 3.57. The molecule has 2 aromatic carbocycles. The van der Waals surface area contributed by atoms with Crippen molar-refractivity contribution in [2.45, 2.75) is 26.2 Å². The van der Waals surface area contributed by atoms with Gasteiger partial charge in [-0.3, -0.25) is 4.79 Å². The zero-order chi connectivity index (χ0) is 19.2. The molecule has 0 radical (unpaired) electrons. The van der Waals surface area contributed by atoms with E-state index in [9.17, 15) is 4.79 Å². The second-order valence-corrected chi connectivity index (χ2v) is 7.58. The molecule has 0 bridgehead atoms. The highest BCUT2D eigenvalue weighted by Gasteiger charge is 2.20. The smallest absolute Gasteiger partial charge is 0.225 e. The largest absolute Gasteiger partial charge is 0.367 e. The Morgan fingerprint density at radius 2 is 1.81 bits per heavy atom. The molecule has 1 unspecified atom stereocenters. The first-order chi connectivity index (χ1) is 13.1. The fourth-order valence-corrected chi connectivity index (χ4v) is 3.74. The van der Waals surface area contributed by atoms with Crippen LogP contribution in [-0.2, 0) is 4.79 Å². The van der Waals surface area contributed by atoms with Gasteiger partial charge >= 0.3 is 0 Å². The van der Waals surface area contributed by atoms with Crippen LogP contribution in [-0.4, -0.2) is 43.5 Å². The predicted molar refractivity (Wildman–Crippen MR) is 114 cm³/mol. The number of piperazine rings is 1. The van der Waals surface area contributed by atoms with E-state index >= 15 is 0 Å². The minimum Gasteiger partial charge on any atom is -0.367 e. The van der Waals surface area contributed by atoms with Gasteiger partial charge in [-0.2, -0.15) is 0 Å². The van der Waals surface area contributed by atoms with Crippen molar-refractivity contribution in [2.75, 3.05) is 42.9 Å². The van der Waals surface area contributed by atoms with E-state index in [0.717, 1.165) is 44.1 Å². The summed E-state index contributed by atoms with van der Waals surface area (Å²) in [6, 6.07) is 15.9. The molecule has 1 N–H and O–H groups in total. The third-order valence-corrected chi connectivity index (χ3v) is 5.49. The molecule has 2 aromatic rings. The SMILES string of the molecule is CCN1CCN(c2ccc(Cl)cc2NC(=O)CC(C)c2ccccc2)CC1. The van der Waals surface area contributed by atoms with Crippen molar-refractivity contribution in [1.29, 1.82) is 0 Å². The monoisotopic (exact) mass is 385 g/mol. The number of benzene rings is 2. The number of nitrogens with zero attached hydrogens (tertiary/aromatic N) is 2. The van der Waals surface area contributed by atoms with Crippen molar-refractivity contribution in [3.05, 3.63) is 59.1 Å². The highest BCUT2D eigenvalue weighted by Crippen LogP contribution is 2.31. The summed E-state index contributed by atoms with van der Waals surface area (Å²) in [6.07, 6.45) is 0.444. The van der Waals surface area contributed by atoms with Gasteiger partial charge in [0, 0.05) is 37.6 Å². The Morgan fingerprint density at radius 1 is 1.11 bits per heavy atom. The van der Waals surface area contributed by atoms with Crippen molar-refractivity contribution in [2.24, 2.45) is 0 Å². The number of carbonyl (C=O) groups excluding carboxylic acids is 1. The maximum atomic E-state index is 12.7. The van der Waals surface area contributed by atoms with Crippen LogP contribution >= 0.6 is 11.6 Å². The average Bonchev–Trinajstić information content (AvgIpc) is 2.69. The third kappa shape index (κ3) is 5.24. The fraction of sp³-hybridized carbons (Fsp3) is 0.409. The Bertz CT molecular complexity index is 757. The summed E-state index contributed by atoms with van der Waals surface area (Å²) < 4.78 is 0. The highest BCUT2D eigenvalue weighted by molar-refractivity contribution is 6.31. The van der Waals surface area contributed by atoms with Crippen LogP contribution in [0.3, 0.4) is 0 Å². The van der Waals surface area contributed by atoms with Crippen LogP contribution in [0.1, 0.15) is 31.7 Å². The third-order valence-electron chi connectivity index (χ3n) is 5.25. The molecule has 144 valence electrons. The highest BCUT2D eigenvalue weighted by atomic mass is 35.5. The summed E-state index contributed by atoms with van der Waals surface area (Å²) in [5.74, 6) is 0.184. The number of likely N-dealkylation sites (N-methyl/N-ethyl adjacent to an activating group) is 1. The molecule has 1 atom stereocenters. The van der Waals surface area contributed by atoms with Gasteiger partial charge in [-0.05, 0) is 36.2 Å². The van der Waals surface area contributed by atoms with Crippen LogP contribution in [0.5, 0.6) is 0 Å². The average molecular weight is 386 g/mol. The number of hydrogen-bond donors (Lipinski definition) is 1. The number of halogens is 1. The van der Waals surface area contributed by atoms with Crippen LogP contribution in [0.2, 0.25) is 5.02 Å². The van der Waals surface area contributed by atoms with Crippen LogP contribution in [0.15, 0.2) is 48.5 Å². The van der Waals surface area contributed by atoms with Crippen molar-refractivity contribution >= 4 is 28.9 Å². The molecule has 0 aliphatic carbocycles. The zero-order valence-electron chi connectivity index (χ0n) is 16.1. The van der Waals surface area contributed by atoms with E-state index in [0.29, 0.717) is 11.4 Å². The molecule has 0 aromatic heterocycles. The molecule has 1 heterocycles. The van der Waals surface area contributed by atoms with Gasteiger partial charge in [0.25, 0.3) is 0 Å². The van der Waals surface area contributed by atoms with Crippen LogP contribution in [0.25, 0.3) is 0 Å². The number of rotatable bonds is 6. The van der Waals surface area contributed by atoms with Gasteiger partial charge in [0.05, 0.1) is 11.4 Å². The van der Waals surface area contributed by atoms with E-state index < -0.39 is 0 Å². The summed E-state index contributed by atoms with van der Waals surface area (Å²) in [4.78, 5) is 17.4. The minimum absolute atomic E-state index is 0.0158. The first kappa shape index (κ1) is 19.7. The number of amides is 1. The van der Waals surface area contributed by atoms with Gasteiger partial charge in [0.1, 0.15) is 0 Å². The Balaban J connectivity index is 1.69. The Morgan fingerprint density at radius 3 is 2.48 bits per heavy atom. The predicted octanol–water partition coefficient (Wildman–Crippen LogP) is 4.61. The van der Waals surface area contributed by atoms with E-state index in [1.807, 2.05) is 36.4 Å². The van der Waals surface area contributed by atoms with Crippen LogP contribution in [0.4, 0.5) is 11.4 Å². The van der Waals surface area contributed by atoms with Gasteiger partial charge in [-0.25, -0.2) is 0 Å².